The molecule has 0 saturated carbocycles. The van der Waals surface area contributed by atoms with Crippen LogP contribution in [0.1, 0.15) is 26.7 Å². The van der Waals surface area contributed by atoms with Crippen LogP contribution >= 0.6 is 0 Å². The quantitative estimate of drug-likeness (QED) is 0.610. The van der Waals surface area contributed by atoms with Gasteiger partial charge in [-0.1, -0.05) is 0 Å². The molecule has 2 nitrogen and oxygen atoms in total. The highest BCUT2D eigenvalue weighted by Crippen LogP contribution is 2.26. The molecule has 11 heavy (non-hydrogen) atoms. The molecule has 0 bridgehead atoms. The van der Waals surface area contributed by atoms with Gasteiger partial charge in [0.25, 0.3) is 0 Å². The van der Waals surface area contributed by atoms with Gasteiger partial charge < -0.3 is 9.47 Å². The monoisotopic (exact) mass is 158 g/mol. The Morgan fingerprint density at radius 2 is 2.27 bits per heavy atom. The summed E-state index contributed by atoms with van der Waals surface area (Å²) in [5, 5.41) is 0. The molecule has 0 amide bonds. The molecule has 0 N–H and O–H groups in total. The molecule has 1 atom stereocenters. The number of hydrogen-bond donors (Lipinski definition) is 0. The molecule has 0 spiro atoms. The Labute approximate surface area is 68.9 Å². The van der Waals surface area contributed by atoms with Crippen LogP contribution in [0.5, 0.6) is 0 Å². The van der Waals surface area contributed by atoms with E-state index in [1.807, 2.05) is 0 Å². The second kappa shape index (κ2) is 3.55. The second-order valence-corrected chi connectivity index (χ2v) is 3.93. The van der Waals surface area contributed by atoms with Gasteiger partial charge in [-0.05, 0) is 26.7 Å². The number of hydrogen-bond acceptors (Lipinski definition) is 2. The van der Waals surface area contributed by atoms with Crippen LogP contribution in [0.4, 0.5) is 0 Å². The van der Waals surface area contributed by atoms with Crippen molar-refractivity contribution in [2.45, 2.75) is 32.3 Å². The van der Waals surface area contributed by atoms with E-state index in [1.165, 1.54) is 6.42 Å². The van der Waals surface area contributed by atoms with Gasteiger partial charge >= 0.3 is 0 Å². The first-order valence-corrected chi connectivity index (χ1v) is 4.27. The molecule has 2 heteroatoms. The summed E-state index contributed by atoms with van der Waals surface area (Å²) in [4.78, 5) is 0. The Kier molecular flexibility index (Phi) is 2.90. The number of rotatable bonds is 2. The SMILES string of the molecule is COCC1CCC(C)(C)OC1. The fourth-order valence-corrected chi connectivity index (χ4v) is 1.42. The zero-order valence-corrected chi connectivity index (χ0v) is 7.72. The van der Waals surface area contributed by atoms with Crippen LogP contribution in [0.25, 0.3) is 0 Å². The topological polar surface area (TPSA) is 18.5 Å². The summed E-state index contributed by atoms with van der Waals surface area (Å²) in [6, 6.07) is 0. The third-order valence-electron chi connectivity index (χ3n) is 2.27. The fourth-order valence-electron chi connectivity index (χ4n) is 1.42. The Morgan fingerprint density at radius 1 is 1.55 bits per heavy atom. The summed E-state index contributed by atoms with van der Waals surface area (Å²) in [5.74, 6) is 0.619. The molecule has 0 aromatic carbocycles. The average Bonchev–Trinajstić information content (AvgIpc) is 1.94. The van der Waals surface area contributed by atoms with Crippen molar-refractivity contribution in [1.29, 1.82) is 0 Å². The molecular weight excluding hydrogens is 140 g/mol. The lowest BCUT2D eigenvalue weighted by atomic mass is 9.92. The van der Waals surface area contributed by atoms with Gasteiger partial charge in [0.15, 0.2) is 0 Å². The van der Waals surface area contributed by atoms with Gasteiger partial charge in [-0.2, -0.15) is 0 Å². The van der Waals surface area contributed by atoms with Crippen molar-refractivity contribution in [2.24, 2.45) is 5.92 Å². The van der Waals surface area contributed by atoms with Gasteiger partial charge in [-0.15, -0.1) is 0 Å². The molecule has 1 fully saturated rings. The van der Waals surface area contributed by atoms with Gasteiger partial charge in [0.2, 0.25) is 0 Å². The van der Waals surface area contributed by atoms with E-state index in [0.29, 0.717) is 5.92 Å². The van der Waals surface area contributed by atoms with Crippen LogP contribution in [-0.2, 0) is 9.47 Å². The maximum Gasteiger partial charge on any atom is 0.0626 e. The highest BCUT2D eigenvalue weighted by atomic mass is 16.5. The molecule has 0 radical (unpaired) electrons. The molecule has 1 aliphatic heterocycles. The van der Waals surface area contributed by atoms with E-state index in [-0.39, 0.29) is 5.60 Å². The minimum atomic E-state index is 0.101. The van der Waals surface area contributed by atoms with Crippen molar-refractivity contribution in [3.63, 3.8) is 0 Å². The first-order chi connectivity index (χ1) is 5.14. The van der Waals surface area contributed by atoms with E-state index in [0.717, 1.165) is 19.6 Å². The van der Waals surface area contributed by atoms with Crippen LogP contribution in [0.15, 0.2) is 0 Å². The maximum absolute atomic E-state index is 5.65. The minimum Gasteiger partial charge on any atom is -0.384 e. The molecule has 0 aromatic heterocycles. The minimum absolute atomic E-state index is 0.101. The van der Waals surface area contributed by atoms with E-state index in [1.54, 1.807) is 7.11 Å². The van der Waals surface area contributed by atoms with Crippen molar-refractivity contribution in [1.82, 2.24) is 0 Å². The smallest absolute Gasteiger partial charge is 0.0626 e. The summed E-state index contributed by atoms with van der Waals surface area (Å²) < 4.78 is 10.7. The molecule has 0 aliphatic carbocycles. The third-order valence-corrected chi connectivity index (χ3v) is 2.27. The van der Waals surface area contributed by atoms with Crippen molar-refractivity contribution in [3.8, 4) is 0 Å². The maximum atomic E-state index is 5.65. The second-order valence-electron chi connectivity index (χ2n) is 3.93. The lowest BCUT2D eigenvalue weighted by molar-refractivity contribution is -0.0883. The lowest BCUT2D eigenvalue weighted by Gasteiger charge is -2.34. The highest BCUT2D eigenvalue weighted by Gasteiger charge is 2.27. The summed E-state index contributed by atoms with van der Waals surface area (Å²) >= 11 is 0. The predicted molar refractivity (Wildman–Crippen MR) is 44.6 cm³/mol. The Balaban J connectivity index is 2.25. The average molecular weight is 158 g/mol. The summed E-state index contributed by atoms with van der Waals surface area (Å²) in [6.45, 7) is 6.00. The molecule has 1 saturated heterocycles. The van der Waals surface area contributed by atoms with Crippen LogP contribution in [-0.4, -0.2) is 25.9 Å². The van der Waals surface area contributed by atoms with Crippen LogP contribution in [0.2, 0.25) is 0 Å². The first kappa shape index (κ1) is 9.01. The molecule has 1 unspecified atom stereocenters. The van der Waals surface area contributed by atoms with E-state index in [4.69, 9.17) is 9.47 Å². The van der Waals surface area contributed by atoms with Crippen molar-refractivity contribution in [3.05, 3.63) is 0 Å². The normalized spacial score (nSPS) is 30.3. The van der Waals surface area contributed by atoms with Crippen molar-refractivity contribution >= 4 is 0 Å². The Morgan fingerprint density at radius 3 is 2.73 bits per heavy atom. The van der Waals surface area contributed by atoms with Crippen molar-refractivity contribution < 1.29 is 9.47 Å². The Bertz CT molecular complexity index is 111. The summed E-state index contributed by atoms with van der Waals surface area (Å²) in [7, 11) is 1.75. The molecule has 0 aromatic rings. The first-order valence-electron chi connectivity index (χ1n) is 4.27. The van der Waals surface area contributed by atoms with E-state index in [9.17, 15) is 0 Å². The van der Waals surface area contributed by atoms with E-state index in [2.05, 4.69) is 13.8 Å². The molecule has 66 valence electrons. The number of ether oxygens (including phenoxy) is 2. The largest absolute Gasteiger partial charge is 0.384 e. The Hall–Kier alpha value is -0.0800. The zero-order valence-electron chi connectivity index (χ0n) is 7.72. The van der Waals surface area contributed by atoms with Crippen LogP contribution in [0.3, 0.4) is 0 Å². The van der Waals surface area contributed by atoms with Gasteiger partial charge in [-0.25, -0.2) is 0 Å². The zero-order chi connectivity index (χ0) is 8.32. The molecular formula is C9H18O2. The molecule has 1 heterocycles. The van der Waals surface area contributed by atoms with Gasteiger partial charge in [0, 0.05) is 13.0 Å². The number of methoxy groups -OCH3 is 1. The van der Waals surface area contributed by atoms with Gasteiger partial charge in [-0.3, -0.25) is 0 Å². The predicted octanol–water partition coefficient (Wildman–Crippen LogP) is 1.84. The van der Waals surface area contributed by atoms with E-state index >= 15 is 0 Å². The highest BCUT2D eigenvalue weighted by molar-refractivity contribution is 4.76. The van der Waals surface area contributed by atoms with Crippen molar-refractivity contribution in [2.75, 3.05) is 20.3 Å². The third kappa shape index (κ3) is 2.80. The summed E-state index contributed by atoms with van der Waals surface area (Å²) in [6.07, 6.45) is 2.39. The van der Waals surface area contributed by atoms with Crippen LogP contribution < -0.4 is 0 Å². The van der Waals surface area contributed by atoms with Gasteiger partial charge in [0.05, 0.1) is 18.8 Å². The lowest BCUT2D eigenvalue weighted by Crippen LogP contribution is -2.35. The summed E-state index contributed by atoms with van der Waals surface area (Å²) in [5.41, 5.74) is 0.101. The van der Waals surface area contributed by atoms with E-state index < -0.39 is 0 Å². The standard InChI is InChI=1S/C9H18O2/c1-9(2)5-4-8(6-10-3)7-11-9/h8H,4-7H2,1-3H3. The van der Waals surface area contributed by atoms with Crippen LogP contribution in [0, 0.1) is 5.92 Å². The van der Waals surface area contributed by atoms with Gasteiger partial charge in [0.1, 0.15) is 0 Å². The fraction of sp³-hybridized carbons (Fsp3) is 1.00. The molecule has 1 aliphatic rings. The molecule has 1 rings (SSSR count).